The molecule has 4 unspecified atom stereocenters. The Bertz CT molecular complexity index is 979. The summed E-state index contributed by atoms with van der Waals surface area (Å²) in [5.41, 5.74) is 0. The number of rotatable bonds is 13. The molecule has 148 valence electrons. The molecule has 0 aliphatic carbocycles. The quantitative estimate of drug-likeness (QED) is 0.161. The van der Waals surface area contributed by atoms with Crippen molar-refractivity contribution in [1.82, 2.24) is 0 Å². The number of unbranched alkanes of at least 4 members (excludes halogenated alkanes) is 8. The van der Waals surface area contributed by atoms with Crippen LogP contribution in [0, 0.1) is 0 Å². The Morgan fingerprint density at radius 1 is 0.577 bits per heavy atom. The van der Waals surface area contributed by atoms with Crippen LogP contribution in [0.4, 0.5) is 0 Å². The van der Waals surface area contributed by atoms with Gasteiger partial charge in [0.2, 0.25) is 0 Å². The molecule has 1 spiro atoms. The zero-order chi connectivity index (χ0) is 17.1. The summed E-state index contributed by atoms with van der Waals surface area (Å²) in [6.45, 7) is 1.93. The predicted molar refractivity (Wildman–Crippen MR) is 111 cm³/mol. The summed E-state index contributed by atoms with van der Waals surface area (Å²) in [6.07, 6.45) is 18.9. The Balaban J connectivity index is 0.975. The Morgan fingerprint density at radius 3 is 1.31 bits per heavy atom. The van der Waals surface area contributed by atoms with Gasteiger partial charge in [0.25, 0.3) is 0 Å². The van der Waals surface area contributed by atoms with Crippen LogP contribution < -0.4 is 0 Å². The molecule has 2 heteroatoms. The van der Waals surface area contributed by atoms with Crippen LogP contribution in [0.2, 0.25) is 43.3 Å². The molecule has 26 heavy (non-hydrogen) atoms. The molecule has 4 atom stereocenters. The summed E-state index contributed by atoms with van der Waals surface area (Å²) in [6, 6.07) is 0. The third-order valence-electron chi connectivity index (χ3n) is 18.1. The van der Waals surface area contributed by atoms with E-state index in [-0.39, 0.29) is 0 Å². The Morgan fingerprint density at radius 2 is 1.00 bits per heavy atom. The first kappa shape index (κ1) is 14.0. The Hall–Kier alpha value is 0.949. The average Bonchev–Trinajstić information content (AvgIpc) is 3.59. The number of fused-ring (bicyclic) bond motifs is 10. The van der Waals surface area contributed by atoms with Crippen LogP contribution >= 0.6 is 7.92 Å². The molecule has 0 nitrogen and oxygen atoms in total. The van der Waals surface area contributed by atoms with Gasteiger partial charge in [0.15, 0.2) is 0 Å². The van der Waals surface area contributed by atoms with E-state index in [1.165, 1.54) is 42.6 Å². The van der Waals surface area contributed by atoms with Crippen molar-refractivity contribution in [1.29, 1.82) is 0 Å². The zero-order valence-corrected chi connectivity index (χ0v) is 19.0. The first-order valence-corrected chi connectivity index (χ1v) is 20.5. The zero-order valence-electron chi connectivity index (χ0n) is 17.0. The molecule has 10 saturated heterocycles. The third kappa shape index (κ3) is 0.261. The van der Waals surface area contributed by atoms with Crippen LogP contribution in [0.15, 0.2) is 0 Å². The standard InChI is InChI=1S/C19H34P.C5H5.Fe/c1-3-5-7-9-13-17-20(19-15-11-12-16-19)18-14-10-8-6-4-2;1-2-4-5-3-1;/h11-12,15-16H,3-10,13-14,17-18H2,1-2H3;1-5H;. The van der Waals surface area contributed by atoms with Gasteiger partial charge < -0.3 is 0 Å². The van der Waals surface area contributed by atoms with Gasteiger partial charge in [-0.2, -0.15) is 0 Å². The second kappa shape index (κ2) is 1.83. The van der Waals surface area contributed by atoms with Gasteiger partial charge in [0.05, 0.1) is 0 Å². The molecule has 0 amide bonds. The summed E-state index contributed by atoms with van der Waals surface area (Å²) in [5.74, 6) is 0. The molecule has 10 fully saturated rings. The van der Waals surface area contributed by atoms with Gasteiger partial charge in [0.1, 0.15) is 0 Å². The molecule has 10 aliphatic rings. The van der Waals surface area contributed by atoms with Gasteiger partial charge >= 0.3 is 152 Å². The van der Waals surface area contributed by atoms with Gasteiger partial charge in [-0.15, -0.1) is 0 Å². The van der Waals surface area contributed by atoms with Crippen molar-refractivity contribution in [2.45, 2.75) is 125 Å². The fraction of sp³-hybridized carbons (Fsp3) is 1.00. The fourth-order valence-electron chi connectivity index (χ4n) is 19.2. The van der Waals surface area contributed by atoms with E-state index >= 15 is 0 Å². The summed E-state index contributed by atoms with van der Waals surface area (Å²) < 4.78 is 1.27. The molecule has 0 N–H and O–H groups in total. The molecule has 0 aromatic carbocycles. The van der Waals surface area contributed by atoms with Crippen molar-refractivity contribution in [2.24, 2.45) is 0 Å². The molecule has 0 aromatic rings. The van der Waals surface area contributed by atoms with Gasteiger partial charge in [0, 0.05) is 0 Å². The van der Waals surface area contributed by atoms with E-state index in [2.05, 4.69) is 13.8 Å². The molecule has 0 aromatic heterocycles. The van der Waals surface area contributed by atoms with Crippen molar-refractivity contribution in [2.75, 3.05) is 12.3 Å². The third-order valence-corrected chi connectivity index (χ3v) is 68.2. The minimum atomic E-state index is -2.81. The summed E-state index contributed by atoms with van der Waals surface area (Å²) >= 11 is 0. The van der Waals surface area contributed by atoms with Crippen molar-refractivity contribution in [3.05, 3.63) is 0 Å². The monoisotopic (exact) mass is 414 g/mol. The van der Waals surface area contributed by atoms with Gasteiger partial charge in [-0.25, -0.2) is 0 Å². The molecular formula is C24H39FeP. The van der Waals surface area contributed by atoms with Crippen molar-refractivity contribution in [3.8, 4) is 0 Å². The van der Waals surface area contributed by atoms with E-state index in [0.717, 1.165) is 0 Å². The Labute approximate surface area is 152 Å². The first-order valence-electron chi connectivity index (χ1n) is 12.5. The normalized spacial score (nSPS) is 82.3. The number of hydrogen-bond donors (Lipinski definition) is 0. The number of hydrogen-bond acceptors (Lipinski definition) is 0. The Kier molecular flexibility index (Phi) is 0.988. The van der Waals surface area contributed by atoms with Gasteiger partial charge in [-0.3, -0.25) is 0 Å². The predicted octanol–water partition coefficient (Wildman–Crippen LogP) is 8.71. The fourth-order valence-corrected chi connectivity index (χ4v) is 110. The van der Waals surface area contributed by atoms with Crippen LogP contribution in [0.5, 0.6) is 0 Å². The van der Waals surface area contributed by atoms with E-state index in [1.807, 2.05) is 0 Å². The minimum absolute atomic E-state index is 0.480. The van der Waals surface area contributed by atoms with Gasteiger partial charge in [-0.1, -0.05) is 0 Å². The van der Waals surface area contributed by atoms with Crippen molar-refractivity contribution in [3.63, 3.8) is 0 Å². The van der Waals surface area contributed by atoms with Crippen LogP contribution in [0.25, 0.3) is 0 Å². The molecule has 0 radical (unpaired) electrons. The summed E-state index contributed by atoms with van der Waals surface area (Å²) in [7, 11) is 0.480. The van der Waals surface area contributed by atoms with Crippen molar-refractivity contribution >= 4 is 7.92 Å². The van der Waals surface area contributed by atoms with Crippen LogP contribution in [-0.2, 0) is 6.51 Å². The first-order chi connectivity index (χ1) is 12.6. The van der Waals surface area contributed by atoms with Crippen molar-refractivity contribution < 1.29 is 6.51 Å². The molecule has 10 heterocycles. The molecule has 0 bridgehead atoms. The maximum absolute atomic E-state index is 2.81. The molecule has 0 saturated carbocycles. The average molecular weight is 414 g/mol. The molecule has 10 aliphatic heterocycles. The van der Waals surface area contributed by atoms with Crippen LogP contribution in [0.3, 0.4) is 0 Å². The SMILES string of the molecule is CCCCCCCP(CCCCCCC)[C]12[CH]3[CH]4[CH]5[CH]1[Fe]45321678[CH]2[CH]1[CH]6[CH]7[CH]28. The van der Waals surface area contributed by atoms with Crippen LogP contribution in [-0.4, -0.2) is 16.4 Å². The molecule has 10 rings (SSSR count). The summed E-state index contributed by atoms with van der Waals surface area (Å²) in [5, 5.41) is 0. The summed E-state index contributed by atoms with van der Waals surface area (Å²) in [4.78, 5) is 14.1. The van der Waals surface area contributed by atoms with E-state index in [1.54, 1.807) is 81.4 Å². The van der Waals surface area contributed by atoms with E-state index in [4.69, 9.17) is 0 Å². The second-order valence-corrected chi connectivity index (χ2v) is 41.1. The van der Waals surface area contributed by atoms with Gasteiger partial charge in [-0.05, 0) is 0 Å². The topological polar surface area (TPSA) is 0 Å². The maximum atomic E-state index is 2.37. The second-order valence-electron chi connectivity index (χ2n) is 14.5. The van der Waals surface area contributed by atoms with Crippen LogP contribution in [0.1, 0.15) is 78.1 Å². The van der Waals surface area contributed by atoms with E-state index in [9.17, 15) is 0 Å². The van der Waals surface area contributed by atoms with E-state index < -0.39 is 6.51 Å². The molecular weight excluding hydrogens is 375 g/mol. The van der Waals surface area contributed by atoms with E-state index in [0.29, 0.717) is 7.92 Å².